The van der Waals surface area contributed by atoms with Gasteiger partial charge in [-0.2, -0.15) is 0 Å². The van der Waals surface area contributed by atoms with E-state index in [0.717, 1.165) is 12.1 Å². The van der Waals surface area contributed by atoms with Gasteiger partial charge in [0.2, 0.25) is 5.82 Å². The minimum Gasteiger partial charge on any atom is -0.332 e. The molecular formula is C11H5Cl3FN3O2. The zero-order chi connectivity index (χ0) is 14.9. The minimum atomic E-state index is -0.642. The molecular weight excluding hydrogens is 331 g/mol. The van der Waals surface area contributed by atoms with Crippen molar-refractivity contribution in [1.29, 1.82) is 0 Å². The smallest absolute Gasteiger partial charge is 0.311 e. The van der Waals surface area contributed by atoms with E-state index in [0.29, 0.717) is 0 Å². The summed E-state index contributed by atoms with van der Waals surface area (Å²) >= 11 is 17.4. The number of nitrogens with one attached hydrogen (secondary N) is 1. The van der Waals surface area contributed by atoms with Crippen molar-refractivity contribution < 1.29 is 9.31 Å². The third-order valence-electron chi connectivity index (χ3n) is 2.29. The lowest BCUT2D eigenvalue weighted by Gasteiger charge is -2.10. The molecule has 0 saturated carbocycles. The average molecular weight is 337 g/mol. The van der Waals surface area contributed by atoms with Crippen LogP contribution in [0, 0.1) is 15.9 Å². The molecule has 0 saturated heterocycles. The molecule has 1 aromatic carbocycles. The number of pyridine rings is 1. The van der Waals surface area contributed by atoms with E-state index >= 15 is 0 Å². The Morgan fingerprint density at radius 2 is 1.80 bits per heavy atom. The van der Waals surface area contributed by atoms with Crippen molar-refractivity contribution in [2.75, 3.05) is 5.32 Å². The van der Waals surface area contributed by atoms with E-state index in [2.05, 4.69) is 10.3 Å². The lowest BCUT2D eigenvalue weighted by molar-refractivity contribution is -0.384. The van der Waals surface area contributed by atoms with E-state index in [1.54, 1.807) is 0 Å². The highest BCUT2D eigenvalue weighted by atomic mass is 35.5. The Morgan fingerprint density at radius 3 is 2.35 bits per heavy atom. The number of hydrogen-bond acceptors (Lipinski definition) is 4. The number of rotatable bonds is 3. The lowest BCUT2D eigenvalue weighted by Crippen LogP contribution is -2.01. The number of nitrogens with zero attached hydrogens (tertiary/aromatic N) is 2. The molecule has 5 nitrogen and oxygen atoms in total. The fourth-order valence-corrected chi connectivity index (χ4v) is 2.15. The van der Waals surface area contributed by atoms with Crippen LogP contribution in [0.3, 0.4) is 0 Å². The fourth-order valence-electron chi connectivity index (χ4n) is 1.45. The number of aromatic nitrogens is 1. The monoisotopic (exact) mass is 335 g/mol. The van der Waals surface area contributed by atoms with Crippen molar-refractivity contribution in [2.45, 2.75) is 0 Å². The summed E-state index contributed by atoms with van der Waals surface area (Å²) in [6, 6.07) is 4.50. The molecule has 0 atom stereocenters. The summed E-state index contributed by atoms with van der Waals surface area (Å²) in [6.07, 6.45) is 0. The predicted molar refractivity (Wildman–Crippen MR) is 75.6 cm³/mol. The first kappa shape index (κ1) is 14.8. The number of hydrogen-bond donors (Lipinski definition) is 1. The molecule has 0 spiro atoms. The number of nitro groups is 1. The second-order valence-electron chi connectivity index (χ2n) is 3.63. The van der Waals surface area contributed by atoms with Gasteiger partial charge in [-0.1, -0.05) is 34.8 Å². The van der Waals surface area contributed by atoms with Gasteiger partial charge in [0.05, 0.1) is 20.7 Å². The standard InChI is InChI=1S/C11H5Cl3FN3O2/c12-6-3-5(15)4-7(13)10(6)17-11-8(18(19)20)1-2-9(14)16-11/h1-4H,(H,16,17). The third kappa shape index (κ3) is 3.09. The van der Waals surface area contributed by atoms with Crippen LogP contribution in [0.15, 0.2) is 24.3 Å². The Balaban J connectivity index is 2.50. The van der Waals surface area contributed by atoms with Gasteiger partial charge in [0, 0.05) is 6.07 Å². The largest absolute Gasteiger partial charge is 0.332 e. The van der Waals surface area contributed by atoms with Crippen LogP contribution in [-0.2, 0) is 0 Å². The van der Waals surface area contributed by atoms with E-state index in [1.165, 1.54) is 12.1 Å². The van der Waals surface area contributed by atoms with Crippen molar-refractivity contribution >= 4 is 52.0 Å². The molecule has 0 unspecified atom stereocenters. The SMILES string of the molecule is O=[N+]([O-])c1ccc(Cl)nc1Nc1c(Cl)cc(F)cc1Cl. The Bertz CT molecular complexity index is 674. The molecule has 2 aromatic rings. The van der Waals surface area contributed by atoms with Crippen molar-refractivity contribution in [1.82, 2.24) is 4.98 Å². The summed E-state index contributed by atoms with van der Waals surface area (Å²) in [5.41, 5.74) is -0.210. The highest BCUT2D eigenvalue weighted by Crippen LogP contribution is 2.36. The fraction of sp³-hybridized carbons (Fsp3) is 0. The van der Waals surface area contributed by atoms with E-state index < -0.39 is 10.7 Å². The summed E-state index contributed by atoms with van der Waals surface area (Å²) in [5, 5.41) is 13.5. The quantitative estimate of drug-likeness (QED) is 0.495. The molecule has 9 heteroatoms. The molecule has 1 N–H and O–H groups in total. The first-order valence-corrected chi connectivity index (χ1v) is 6.24. The van der Waals surface area contributed by atoms with Gasteiger partial charge < -0.3 is 5.32 Å². The summed E-state index contributed by atoms with van der Waals surface area (Å²) < 4.78 is 13.1. The summed E-state index contributed by atoms with van der Waals surface area (Å²) in [4.78, 5) is 14.1. The number of anilines is 2. The Labute approximate surface area is 127 Å². The van der Waals surface area contributed by atoms with E-state index in [1.807, 2.05) is 0 Å². The zero-order valence-corrected chi connectivity index (χ0v) is 11.8. The van der Waals surface area contributed by atoms with Crippen LogP contribution in [0.2, 0.25) is 15.2 Å². The Morgan fingerprint density at radius 1 is 1.20 bits per heavy atom. The van der Waals surface area contributed by atoms with Crippen LogP contribution in [0.25, 0.3) is 0 Å². The van der Waals surface area contributed by atoms with E-state index in [4.69, 9.17) is 34.8 Å². The maximum atomic E-state index is 13.1. The van der Waals surface area contributed by atoms with Crippen LogP contribution in [0.5, 0.6) is 0 Å². The van der Waals surface area contributed by atoms with Gasteiger partial charge in [-0.25, -0.2) is 9.37 Å². The number of benzene rings is 1. The molecule has 0 amide bonds. The van der Waals surface area contributed by atoms with Crippen LogP contribution in [-0.4, -0.2) is 9.91 Å². The topological polar surface area (TPSA) is 68.1 Å². The van der Waals surface area contributed by atoms with Crippen LogP contribution in [0.4, 0.5) is 21.6 Å². The predicted octanol–water partition coefficient (Wildman–Crippen LogP) is 4.83. The highest BCUT2D eigenvalue weighted by molar-refractivity contribution is 6.39. The van der Waals surface area contributed by atoms with E-state index in [-0.39, 0.29) is 32.4 Å². The molecule has 0 bridgehead atoms. The van der Waals surface area contributed by atoms with Crippen molar-refractivity contribution in [3.8, 4) is 0 Å². The van der Waals surface area contributed by atoms with Crippen molar-refractivity contribution in [3.05, 3.63) is 55.4 Å². The van der Waals surface area contributed by atoms with Crippen molar-refractivity contribution in [3.63, 3.8) is 0 Å². The molecule has 1 heterocycles. The van der Waals surface area contributed by atoms with Gasteiger partial charge in [-0.05, 0) is 18.2 Å². The molecule has 0 fully saturated rings. The molecule has 1 aromatic heterocycles. The first-order valence-electron chi connectivity index (χ1n) is 5.11. The molecule has 2 rings (SSSR count). The molecule has 0 aliphatic heterocycles. The Hall–Kier alpha value is -1.63. The minimum absolute atomic E-state index is 0.0360. The van der Waals surface area contributed by atoms with Gasteiger partial charge in [-0.3, -0.25) is 10.1 Å². The summed E-state index contributed by atoms with van der Waals surface area (Å²) in [6.45, 7) is 0. The molecule has 0 radical (unpaired) electrons. The van der Waals surface area contributed by atoms with Crippen LogP contribution < -0.4 is 5.32 Å². The van der Waals surface area contributed by atoms with Gasteiger partial charge in [0.15, 0.2) is 0 Å². The Kier molecular flexibility index (Phi) is 4.27. The van der Waals surface area contributed by atoms with Crippen LogP contribution in [0.1, 0.15) is 0 Å². The average Bonchev–Trinajstić information content (AvgIpc) is 2.33. The lowest BCUT2D eigenvalue weighted by atomic mass is 10.3. The maximum absolute atomic E-state index is 13.1. The van der Waals surface area contributed by atoms with Gasteiger partial charge in [0.25, 0.3) is 0 Å². The van der Waals surface area contributed by atoms with Gasteiger partial charge in [-0.15, -0.1) is 0 Å². The maximum Gasteiger partial charge on any atom is 0.311 e. The molecule has 0 aliphatic carbocycles. The van der Waals surface area contributed by atoms with Gasteiger partial charge in [0.1, 0.15) is 11.0 Å². The second kappa shape index (κ2) is 5.78. The number of halogens is 4. The third-order valence-corrected chi connectivity index (χ3v) is 3.09. The molecule has 20 heavy (non-hydrogen) atoms. The second-order valence-corrected chi connectivity index (χ2v) is 4.83. The highest BCUT2D eigenvalue weighted by Gasteiger charge is 2.18. The first-order chi connectivity index (χ1) is 9.38. The molecule has 0 aliphatic rings. The van der Waals surface area contributed by atoms with Gasteiger partial charge >= 0.3 is 5.69 Å². The zero-order valence-electron chi connectivity index (χ0n) is 9.53. The van der Waals surface area contributed by atoms with Crippen LogP contribution >= 0.6 is 34.8 Å². The molecule has 104 valence electrons. The summed E-state index contributed by atoms with van der Waals surface area (Å²) in [7, 11) is 0. The van der Waals surface area contributed by atoms with E-state index in [9.17, 15) is 14.5 Å². The van der Waals surface area contributed by atoms with Crippen molar-refractivity contribution in [2.24, 2.45) is 0 Å². The summed E-state index contributed by atoms with van der Waals surface area (Å²) in [5.74, 6) is -0.767. The normalized spacial score (nSPS) is 10.4.